The van der Waals surface area contributed by atoms with Crippen LogP contribution in [0, 0.1) is 0 Å². The molecule has 2 rings (SSSR count). The van der Waals surface area contributed by atoms with Crippen LogP contribution in [0.15, 0.2) is 0 Å². The van der Waals surface area contributed by atoms with Gasteiger partial charge in [-0.3, -0.25) is 4.90 Å². The normalized spacial score (nSPS) is 31.9. The van der Waals surface area contributed by atoms with E-state index in [1.165, 1.54) is 58.2 Å². The number of hydrogen-bond acceptors (Lipinski definition) is 2. The van der Waals surface area contributed by atoms with E-state index in [0.29, 0.717) is 0 Å². The van der Waals surface area contributed by atoms with E-state index < -0.39 is 0 Å². The Kier molecular flexibility index (Phi) is 3.82. The maximum Gasteiger partial charge on any atom is 0.0122 e. The zero-order chi connectivity index (χ0) is 9.80. The lowest BCUT2D eigenvalue weighted by Gasteiger charge is -2.42. The van der Waals surface area contributed by atoms with Gasteiger partial charge >= 0.3 is 0 Å². The summed E-state index contributed by atoms with van der Waals surface area (Å²) >= 11 is 0. The molecule has 0 saturated carbocycles. The van der Waals surface area contributed by atoms with Gasteiger partial charge < -0.3 is 5.32 Å². The summed E-state index contributed by atoms with van der Waals surface area (Å²) < 4.78 is 0. The van der Waals surface area contributed by atoms with Gasteiger partial charge in [-0.25, -0.2) is 0 Å². The number of likely N-dealkylation sites (tertiary alicyclic amines) is 1. The number of hydrogen-bond donors (Lipinski definition) is 1. The fourth-order valence-corrected chi connectivity index (χ4v) is 3.08. The molecule has 2 heteroatoms. The molecule has 1 N–H and O–H groups in total. The fourth-order valence-electron chi connectivity index (χ4n) is 3.08. The average molecular weight is 196 g/mol. The second kappa shape index (κ2) is 5.13. The second-order valence-corrected chi connectivity index (χ2v) is 4.78. The molecule has 2 aliphatic rings. The quantitative estimate of drug-likeness (QED) is 0.727. The summed E-state index contributed by atoms with van der Waals surface area (Å²) in [6.45, 7) is 6.18. The first-order chi connectivity index (χ1) is 6.92. The van der Waals surface area contributed by atoms with Crippen molar-refractivity contribution in [2.75, 3.05) is 19.6 Å². The predicted octanol–water partition coefficient (Wildman–Crippen LogP) is 2.00. The molecule has 14 heavy (non-hydrogen) atoms. The summed E-state index contributed by atoms with van der Waals surface area (Å²) in [5.41, 5.74) is 0. The van der Waals surface area contributed by atoms with Crippen molar-refractivity contribution < 1.29 is 0 Å². The van der Waals surface area contributed by atoms with Crippen molar-refractivity contribution in [2.24, 2.45) is 0 Å². The van der Waals surface area contributed by atoms with E-state index in [-0.39, 0.29) is 0 Å². The van der Waals surface area contributed by atoms with Crippen molar-refractivity contribution in [3.8, 4) is 0 Å². The molecule has 82 valence electrons. The summed E-state index contributed by atoms with van der Waals surface area (Å²) in [6, 6.07) is 1.79. The second-order valence-electron chi connectivity index (χ2n) is 4.78. The minimum Gasteiger partial charge on any atom is -0.317 e. The van der Waals surface area contributed by atoms with Gasteiger partial charge in [-0.1, -0.05) is 13.3 Å². The number of nitrogens with one attached hydrogen (secondary N) is 1. The first kappa shape index (κ1) is 10.4. The minimum atomic E-state index is 0.890. The third-order valence-electron chi connectivity index (χ3n) is 3.92. The monoisotopic (exact) mass is 196 g/mol. The van der Waals surface area contributed by atoms with Crippen LogP contribution in [0.4, 0.5) is 0 Å². The van der Waals surface area contributed by atoms with Gasteiger partial charge in [-0.15, -0.1) is 0 Å². The first-order valence-corrected chi connectivity index (χ1v) is 6.38. The fraction of sp³-hybridized carbons (Fsp3) is 1.00. The molecule has 2 aliphatic heterocycles. The summed E-state index contributed by atoms with van der Waals surface area (Å²) in [4.78, 5) is 2.81. The van der Waals surface area contributed by atoms with E-state index in [2.05, 4.69) is 17.1 Å². The van der Waals surface area contributed by atoms with Crippen LogP contribution in [0.2, 0.25) is 0 Å². The Balaban J connectivity index is 1.91. The Morgan fingerprint density at radius 3 is 2.64 bits per heavy atom. The molecule has 2 saturated heterocycles. The molecule has 1 unspecified atom stereocenters. The van der Waals surface area contributed by atoms with E-state index in [0.717, 1.165) is 12.1 Å². The number of rotatable bonds is 2. The van der Waals surface area contributed by atoms with Crippen molar-refractivity contribution in [3.05, 3.63) is 0 Å². The zero-order valence-corrected chi connectivity index (χ0v) is 9.47. The molecule has 0 spiro atoms. The maximum absolute atomic E-state index is 3.46. The predicted molar refractivity (Wildman–Crippen MR) is 60.5 cm³/mol. The standard InChI is InChI=1S/C12H24N2/c1-2-11-5-3-4-10-14(11)12-6-8-13-9-7-12/h11-13H,2-10H2,1H3. The van der Waals surface area contributed by atoms with Crippen molar-refractivity contribution in [2.45, 2.75) is 57.5 Å². The molecular weight excluding hydrogens is 172 g/mol. The van der Waals surface area contributed by atoms with Crippen LogP contribution in [0.5, 0.6) is 0 Å². The van der Waals surface area contributed by atoms with Gasteiger partial charge in [-0.2, -0.15) is 0 Å². The van der Waals surface area contributed by atoms with Crippen molar-refractivity contribution in [3.63, 3.8) is 0 Å². The van der Waals surface area contributed by atoms with Crippen molar-refractivity contribution in [1.29, 1.82) is 0 Å². The molecule has 2 fully saturated rings. The van der Waals surface area contributed by atoms with Crippen molar-refractivity contribution >= 4 is 0 Å². The summed E-state index contributed by atoms with van der Waals surface area (Å²) in [6.07, 6.45) is 8.43. The zero-order valence-electron chi connectivity index (χ0n) is 9.47. The molecule has 2 nitrogen and oxygen atoms in total. The highest BCUT2D eigenvalue weighted by molar-refractivity contribution is 4.84. The topological polar surface area (TPSA) is 15.3 Å². The largest absolute Gasteiger partial charge is 0.317 e. The van der Waals surface area contributed by atoms with Gasteiger partial charge in [0, 0.05) is 12.1 Å². The third kappa shape index (κ3) is 2.29. The molecule has 2 heterocycles. The van der Waals surface area contributed by atoms with Gasteiger partial charge in [0.15, 0.2) is 0 Å². The van der Waals surface area contributed by atoms with Gasteiger partial charge in [-0.05, 0) is 51.7 Å². The minimum absolute atomic E-state index is 0.890. The summed E-state index contributed by atoms with van der Waals surface area (Å²) in [5, 5.41) is 3.46. The Hall–Kier alpha value is -0.0800. The summed E-state index contributed by atoms with van der Waals surface area (Å²) in [5.74, 6) is 0. The lowest BCUT2D eigenvalue weighted by atomic mass is 9.94. The highest BCUT2D eigenvalue weighted by atomic mass is 15.2. The maximum atomic E-state index is 3.46. The lowest BCUT2D eigenvalue weighted by molar-refractivity contribution is 0.0741. The SMILES string of the molecule is CCC1CCCCN1C1CCNCC1. The van der Waals surface area contributed by atoms with E-state index in [9.17, 15) is 0 Å². The molecule has 1 atom stereocenters. The average Bonchev–Trinajstić information content (AvgIpc) is 2.30. The van der Waals surface area contributed by atoms with Crippen molar-refractivity contribution in [1.82, 2.24) is 10.2 Å². The van der Waals surface area contributed by atoms with Crippen LogP contribution in [0.1, 0.15) is 45.4 Å². The molecule has 0 radical (unpaired) electrons. The van der Waals surface area contributed by atoms with Crippen LogP contribution in [-0.2, 0) is 0 Å². The van der Waals surface area contributed by atoms with Gasteiger partial charge in [0.1, 0.15) is 0 Å². The highest BCUT2D eigenvalue weighted by Gasteiger charge is 2.28. The number of nitrogens with zero attached hydrogens (tertiary/aromatic N) is 1. The molecule has 0 aromatic rings. The highest BCUT2D eigenvalue weighted by Crippen LogP contribution is 2.25. The van der Waals surface area contributed by atoms with Crippen LogP contribution in [0.25, 0.3) is 0 Å². The van der Waals surface area contributed by atoms with E-state index in [1.54, 1.807) is 0 Å². The molecule has 0 aliphatic carbocycles. The Bertz CT molecular complexity index is 164. The van der Waals surface area contributed by atoms with Gasteiger partial charge in [0.2, 0.25) is 0 Å². The Morgan fingerprint density at radius 2 is 1.93 bits per heavy atom. The molecule has 0 aromatic carbocycles. The molecular formula is C12H24N2. The van der Waals surface area contributed by atoms with E-state index in [1.807, 2.05) is 0 Å². The number of piperidine rings is 2. The first-order valence-electron chi connectivity index (χ1n) is 6.38. The third-order valence-corrected chi connectivity index (χ3v) is 3.92. The smallest absolute Gasteiger partial charge is 0.0122 e. The summed E-state index contributed by atoms with van der Waals surface area (Å²) in [7, 11) is 0. The van der Waals surface area contributed by atoms with Crippen LogP contribution in [0.3, 0.4) is 0 Å². The van der Waals surface area contributed by atoms with Crippen LogP contribution < -0.4 is 5.32 Å². The van der Waals surface area contributed by atoms with E-state index in [4.69, 9.17) is 0 Å². The lowest BCUT2D eigenvalue weighted by Crippen LogP contribution is -2.49. The molecule has 0 bridgehead atoms. The Morgan fingerprint density at radius 1 is 1.14 bits per heavy atom. The van der Waals surface area contributed by atoms with Gasteiger partial charge in [0.05, 0.1) is 0 Å². The van der Waals surface area contributed by atoms with Crippen LogP contribution >= 0.6 is 0 Å². The molecule has 0 aromatic heterocycles. The van der Waals surface area contributed by atoms with Crippen LogP contribution in [-0.4, -0.2) is 36.6 Å². The Labute approximate surface area is 88.1 Å². The van der Waals surface area contributed by atoms with Gasteiger partial charge in [0.25, 0.3) is 0 Å². The molecule has 0 amide bonds. The van der Waals surface area contributed by atoms with E-state index >= 15 is 0 Å².